The second-order valence-corrected chi connectivity index (χ2v) is 8.41. The van der Waals surface area contributed by atoms with Crippen molar-refractivity contribution in [2.24, 2.45) is 0 Å². The molecule has 7 heteroatoms. The van der Waals surface area contributed by atoms with E-state index in [0.717, 1.165) is 26.6 Å². The highest BCUT2D eigenvalue weighted by Crippen LogP contribution is 2.35. The fourth-order valence-electron chi connectivity index (χ4n) is 2.42. The van der Waals surface area contributed by atoms with E-state index in [1.54, 1.807) is 17.4 Å². The van der Waals surface area contributed by atoms with Gasteiger partial charge in [-0.05, 0) is 51.0 Å². The lowest BCUT2D eigenvalue weighted by molar-refractivity contribution is -0.113. The van der Waals surface area contributed by atoms with Gasteiger partial charge >= 0.3 is 0 Å². The van der Waals surface area contributed by atoms with Gasteiger partial charge in [-0.1, -0.05) is 29.4 Å². The number of nitrogens with zero attached hydrogens (tertiary/aromatic N) is 2. The first-order chi connectivity index (χ1) is 11.8. The average Bonchev–Trinajstić information content (AvgIpc) is 2.83. The number of rotatable bonds is 4. The number of carbonyl (C=O) groups excluding carboxylic acids is 1. The van der Waals surface area contributed by atoms with Gasteiger partial charge in [0.05, 0.1) is 5.75 Å². The molecule has 1 aromatic carbocycles. The molecule has 2 heterocycles. The molecule has 0 aliphatic carbocycles. The Bertz CT molecular complexity index is 969. The minimum Gasteiger partial charge on any atom is -0.325 e. The molecule has 25 heavy (non-hydrogen) atoms. The zero-order valence-corrected chi connectivity index (χ0v) is 16.8. The monoisotopic (exact) mass is 391 g/mol. The molecule has 0 fully saturated rings. The summed E-state index contributed by atoms with van der Waals surface area (Å²) in [6.45, 7) is 7.96. The number of aromatic nitrogens is 2. The molecule has 0 radical (unpaired) electrons. The van der Waals surface area contributed by atoms with E-state index in [-0.39, 0.29) is 11.7 Å². The molecule has 4 nitrogen and oxygen atoms in total. The molecule has 1 N–H and O–H groups in total. The van der Waals surface area contributed by atoms with E-state index in [1.807, 2.05) is 26.0 Å². The minimum absolute atomic E-state index is 0.0843. The van der Waals surface area contributed by atoms with Crippen molar-refractivity contribution in [1.29, 1.82) is 0 Å². The molecule has 0 saturated carbocycles. The normalized spacial score (nSPS) is 11.1. The first-order valence-corrected chi connectivity index (χ1v) is 9.96. The fraction of sp³-hybridized carbons (Fsp3) is 0.278. The Morgan fingerprint density at radius 3 is 2.72 bits per heavy atom. The predicted octanol–water partition coefficient (Wildman–Crippen LogP) is 5.31. The Kier molecular flexibility index (Phi) is 5.32. The van der Waals surface area contributed by atoms with E-state index < -0.39 is 0 Å². The molecule has 0 spiro atoms. The van der Waals surface area contributed by atoms with Crippen LogP contribution in [0.1, 0.15) is 21.8 Å². The minimum atomic E-state index is -0.0843. The number of thioether (sulfide) groups is 1. The summed E-state index contributed by atoms with van der Waals surface area (Å²) in [4.78, 5) is 23.5. The molecule has 0 unspecified atom stereocenters. The number of hydrogen-bond donors (Lipinski definition) is 1. The van der Waals surface area contributed by atoms with Gasteiger partial charge in [-0.15, -0.1) is 11.3 Å². The zero-order valence-electron chi connectivity index (χ0n) is 14.4. The van der Waals surface area contributed by atoms with Gasteiger partial charge in [0.25, 0.3) is 0 Å². The van der Waals surface area contributed by atoms with Gasteiger partial charge in [0, 0.05) is 21.0 Å². The van der Waals surface area contributed by atoms with Crippen LogP contribution in [0.3, 0.4) is 0 Å². The second-order valence-electron chi connectivity index (χ2n) is 5.84. The topological polar surface area (TPSA) is 54.9 Å². The summed E-state index contributed by atoms with van der Waals surface area (Å²) in [7, 11) is 0. The van der Waals surface area contributed by atoms with Gasteiger partial charge in [-0.2, -0.15) is 0 Å². The molecule has 0 atom stereocenters. The highest BCUT2D eigenvalue weighted by atomic mass is 35.5. The van der Waals surface area contributed by atoms with Crippen LogP contribution in [0.2, 0.25) is 5.02 Å². The molecule has 3 rings (SSSR count). The number of thiophene rings is 1. The fourth-order valence-corrected chi connectivity index (χ4v) is 4.67. The Hall–Kier alpha value is -1.63. The molecule has 0 aliphatic heterocycles. The van der Waals surface area contributed by atoms with Crippen LogP contribution in [-0.2, 0) is 4.79 Å². The summed E-state index contributed by atoms with van der Waals surface area (Å²) >= 11 is 9.20. The number of carbonyl (C=O) groups is 1. The quantitative estimate of drug-likeness (QED) is 0.483. The van der Waals surface area contributed by atoms with Crippen molar-refractivity contribution in [3.8, 4) is 0 Å². The van der Waals surface area contributed by atoms with Crippen LogP contribution in [-0.4, -0.2) is 21.6 Å². The van der Waals surface area contributed by atoms with Crippen LogP contribution in [0.4, 0.5) is 5.69 Å². The molecule has 130 valence electrons. The van der Waals surface area contributed by atoms with Gasteiger partial charge in [-0.3, -0.25) is 4.79 Å². The van der Waals surface area contributed by atoms with Gasteiger partial charge in [0.2, 0.25) is 5.91 Å². The summed E-state index contributed by atoms with van der Waals surface area (Å²) in [5.74, 6) is 0.923. The maximum Gasteiger partial charge on any atom is 0.234 e. The number of anilines is 1. The van der Waals surface area contributed by atoms with E-state index in [1.165, 1.54) is 22.2 Å². The van der Waals surface area contributed by atoms with E-state index in [9.17, 15) is 4.79 Å². The highest BCUT2D eigenvalue weighted by Gasteiger charge is 2.15. The Morgan fingerprint density at radius 2 is 2.00 bits per heavy atom. The van der Waals surface area contributed by atoms with Crippen LogP contribution in [0.5, 0.6) is 0 Å². The first-order valence-electron chi connectivity index (χ1n) is 7.78. The zero-order chi connectivity index (χ0) is 18.1. The summed E-state index contributed by atoms with van der Waals surface area (Å²) in [5.41, 5.74) is 2.87. The van der Waals surface area contributed by atoms with Crippen molar-refractivity contribution in [2.45, 2.75) is 32.7 Å². The molecular weight excluding hydrogens is 374 g/mol. The standard InChI is InChI=1S/C18H18ClN3OS2/c1-9-5-6-13(7-14(9)19)22-15(23)8-24-17-16-10(2)11(3)25-18(16)21-12(4)20-17/h5-7H,8H2,1-4H3,(H,22,23). The predicted molar refractivity (Wildman–Crippen MR) is 107 cm³/mol. The van der Waals surface area contributed by atoms with Crippen LogP contribution in [0.15, 0.2) is 23.2 Å². The maximum atomic E-state index is 12.3. The molecule has 1 amide bonds. The Balaban J connectivity index is 1.76. The number of nitrogens with one attached hydrogen (secondary N) is 1. The lowest BCUT2D eigenvalue weighted by Gasteiger charge is -2.08. The molecule has 0 bridgehead atoms. The number of amides is 1. The summed E-state index contributed by atoms with van der Waals surface area (Å²) in [6, 6.07) is 5.50. The smallest absolute Gasteiger partial charge is 0.234 e. The van der Waals surface area contributed by atoms with Crippen LogP contribution < -0.4 is 5.32 Å². The summed E-state index contributed by atoms with van der Waals surface area (Å²) in [5, 5.41) is 5.44. The number of benzene rings is 1. The molecule has 3 aromatic rings. The first kappa shape index (κ1) is 18.2. The van der Waals surface area contributed by atoms with Crippen LogP contribution >= 0.6 is 34.7 Å². The lowest BCUT2D eigenvalue weighted by atomic mass is 10.2. The third kappa shape index (κ3) is 3.97. The van der Waals surface area contributed by atoms with Crippen molar-refractivity contribution in [3.63, 3.8) is 0 Å². The van der Waals surface area contributed by atoms with E-state index >= 15 is 0 Å². The highest BCUT2D eigenvalue weighted by molar-refractivity contribution is 8.00. The van der Waals surface area contributed by atoms with Crippen molar-refractivity contribution >= 4 is 56.5 Å². The molecular formula is C18H18ClN3OS2. The number of hydrogen-bond acceptors (Lipinski definition) is 5. The van der Waals surface area contributed by atoms with Crippen molar-refractivity contribution in [2.75, 3.05) is 11.1 Å². The maximum absolute atomic E-state index is 12.3. The number of aryl methyl sites for hydroxylation is 4. The van der Waals surface area contributed by atoms with Crippen LogP contribution in [0.25, 0.3) is 10.2 Å². The number of fused-ring (bicyclic) bond motifs is 1. The SMILES string of the molecule is Cc1nc(SCC(=O)Nc2ccc(C)c(Cl)c2)c2c(C)c(C)sc2n1. The van der Waals surface area contributed by atoms with E-state index in [2.05, 4.69) is 29.1 Å². The summed E-state index contributed by atoms with van der Waals surface area (Å²) < 4.78 is 0. The molecule has 2 aromatic heterocycles. The van der Waals surface area contributed by atoms with E-state index in [4.69, 9.17) is 11.6 Å². The lowest BCUT2D eigenvalue weighted by Crippen LogP contribution is -2.14. The second kappa shape index (κ2) is 7.32. The summed E-state index contributed by atoms with van der Waals surface area (Å²) in [6.07, 6.45) is 0. The van der Waals surface area contributed by atoms with Crippen LogP contribution in [0, 0.1) is 27.7 Å². The molecule has 0 aliphatic rings. The third-order valence-electron chi connectivity index (χ3n) is 3.90. The molecule has 0 saturated heterocycles. The van der Waals surface area contributed by atoms with Gasteiger partial charge < -0.3 is 5.32 Å². The Labute approximate surface area is 160 Å². The van der Waals surface area contributed by atoms with Gasteiger partial charge in [-0.25, -0.2) is 9.97 Å². The van der Waals surface area contributed by atoms with E-state index in [0.29, 0.717) is 10.7 Å². The Morgan fingerprint density at radius 1 is 1.24 bits per heavy atom. The number of halogens is 1. The van der Waals surface area contributed by atoms with Crippen molar-refractivity contribution in [3.05, 3.63) is 45.1 Å². The third-order valence-corrected chi connectivity index (χ3v) is 6.39. The average molecular weight is 392 g/mol. The largest absolute Gasteiger partial charge is 0.325 e. The van der Waals surface area contributed by atoms with Crippen molar-refractivity contribution < 1.29 is 4.79 Å². The van der Waals surface area contributed by atoms with Gasteiger partial charge in [0.15, 0.2) is 0 Å². The van der Waals surface area contributed by atoms with Crippen molar-refractivity contribution in [1.82, 2.24) is 9.97 Å². The van der Waals surface area contributed by atoms with Gasteiger partial charge in [0.1, 0.15) is 15.7 Å².